The van der Waals surface area contributed by atoms with Crippen molar-refractivity contribution < 1.29 is 27.9 Å². The number of fused-ring (bicyclic) bond motifs is 2. The van der Waals surface area contributed by atoms with E-state index in [1.165, 1.54) is 0 Å². The van der Waals surface area contributed by atoms with Crippen LogP contribution in [0.2, 0.25) is 0 Å². The van der Waals surface area contributed by atoms with E-state index < -0.39 is 29.6 Å². The molecule has 2 aliphatic heterocycles. The molecule has 82 valence electrons. The highest BCUT2D eigenvalue weighted by molar-refractivity contribution is 6.30. The number of esters is 1. The molecule has 7 heteroatoms. The second-order valence-electron chi connectivity index (χ2n) is 4.20. The summed E-state index contributed by atoms with van der Waals surface area (Å²) in [6, 6.07) is 0. The van der Waals surface area contributed by atoms with Gasteiger partial charge in [-0.2, -0.15) is 0 Å². The van der Waals surface area contributed by atoms with E-state index in [0.717, 1.165) is 5.06 Å². The van der Waals surface area contributed by atoms with Gasteiger partial charge >= 0.3 is 11.9 Å². The topological polar surface area (TPSA) is 55.8 Å². The molecule has 15 heavy (non-hydrogen) atoms. The number of hydroxylamine groups is 2. The first kappa shape index (κ1) is 9.02. The molecule has 0 aromatic heterocycles. The van der Waals surface area contributed by atoms with Crippen LogP contribution in [0, 0.1) is 0 Å². The lowest BCUT2D eigenvalue weighted by Crippen LogP contribution is -2.76. The molecule has 1 spiro atoms. The van der Waals surface area contributed by atoms with E-state index in [0.29, 0.717) is 6.42 Å². The molecule has 0 bridgehead atoms. The number of alkyl halides is 2. The number of rotatable bonds is 0. The predicted molar refractivity (Wildman–Crippen MR) is 39.3 cm³/mol. The van der Waals surface area contributed by atoms with Crippen molar-refractivity contribution >= 4 is 11.9 Å². The fourth-order valence-corrected chi connectivity index (χ4v) is 2.45. The largest absolute Gasteiger partial charge is 0.436 e. The Balaban J connectivity index is 1.74. The summed E-state index contributed by atoms with van der Waals surface area (Å²) in [5.74, 6) is -4.89. The van der Waals surface area contributed by atoms with Crippen LogP contribution in [-0.2, 0) is 19.2 Å². The monoisotopic (exact) mass is 219 g/mol. The minimum Gasteiger partial charge on any atom is -0.435 e. The zero-order valence-corrected chi connectivity index (χ0v) is 7.53. The van der Waals surface area contributed by atoms with Gasteiger partial charge in [-0.25, -0.2) is 18.4 Å². The Morgan fingerprint density at radius 1 is 1.27 bits per heavy atom. The maximum Gasteiger partial charge on any atom is 0.436 e. The quantitative estimate of drug-likeness (QED) is 0.430. The van der Waals surface area contributed by atoms with Crippen LogP contribution in [0.4, 0.5) is 8.78 Å². The minimum absolute atomic E-state index is 0.307. The molecule has 3 rings (SSSR count). The summed E-state index contributed by atoms with van der Waals surface area (Å²) >= 11 is 0. The summed E-state index contributed by atoms with van der Waals surface area (Å²) < 4.78 is 30.1. The molecule has 2 heterocycles. The maximum absolute atomic E-state index is 12.7. The van der Waals surface area contributed by atoms with E-state index in [1.807, 2.05) is 0 Å². The van der Waals surface area contributed by atoms with Crippen LogP contribution in [0.1, 0.15) is 19.3 Å². The van der Waals surface area contributed by atoms with Crippen molar-refractivity contribution in [2.75, 3.05) is 0 Å². The van der Waals surface area contributed by atoms with E-state index in [9.17, 15) is 18.4 Å². The first-order valence-electron chi connectivity index (χ1n) is 4.52. The maximum atomic E-state index is 12.7. The Morgan fingerprint density at radius 2 is 1.93 bits per heavy atom. The zero-order chi connectivity index (χ0) is 10.8. The third-order valence-electron chi connectivity index (χ3n) is 3.05. The summed E-state index contributed by atoms with van der Waals surface area (Å²) in [6.45, 7) is 0. The van der Waals surface area contributed by atoms with Gasteiger partial charge in [-0.3, -0.25) is 0 Å². The normalized spacial score (nSPS) is 36.0. The number of carbonyl (C=O) groups is 2. The van der Waals surface area contributed by atoms with Crippen LogP contribution >= 0.6 is 0 Å². The second kappa shape index (κ2) is 2.29. The Hall–Kier alpha value is -1.24. The summed E-state index contributed by atoms with van der Waals surface area (Å²) in [4.78, 5) is 26.2. The summed E-state index contributed by atoms with van der Waals surface area (Å²) in [5, 5.41) is 1.09. The Kier molecular flexibility index (Phi) is 1.38. The SMILES string of the molecule is O=C1OC2CC3(CC(F)(F)C3)N2OC1=O. The van der Waals surface area contributed by atoms with Crippen LogP contribution in [0.25, 0.3) is 0 Å². The second-order valence-corrected chi connectivity index (χ2v) is 4.20. The van der Waals surface area contributed by atoms with Crippen molar-refractivity contribution in [3.63, 3.8) is 0 Å². The molecule has 1 saturated carbocycles. The van der Waals surface area contributed by atoms with Gasteiger partial charge in [0.2, 0.25) is 0 Å². The smallest absolute Gasteiger partial charge is 0.435 e. The summed E-state index contributed by atoms with van der Waals surface area (Å²) in [5.41, 5.74) is -0.801. The van der Waals surface area contributed by atoms with Gasteiger partial charge in [0.15, 0.2) is 6.23 Å². The Bertz CT molecular complexity index is 362. The fraction of sp³-hybridized carbons (Fsp3) is 0.750. The van der Waals surface area contributed by atoms with Crippen LogP contribution in [0.3, 0.4) is 0 Å². The van der Waals surface area contributed by atoms with E-state index in [2.05, 4.69) is 9.57 Å². The van der Waals surface area contributed by atoms with Crippen LogP contribution in [-0.4, -0.2) is 34.7 Å². The van der Waals surface area contributed by atoms with Gasteiger partial charge < -0.3 is 9.57 Å². The van der Waals surface area contributed by atoms with Gasteiger partial charge in [0.25, 0.3) is 5.92 Å². The third-order valence-corrected chi connectivity index (χ3v) is 3.05. The standard InChI is InChI=1S/C8H7F2NO4/c9-8(10)2-7(3-8)1-4-11(7)15-6(13)5(12)14-4/h4H,1-3H2. The molecule has 1 atom stereocenters. The van der Waals surface area contributed by atoms with Gasteiger partial charge in [0.1, 0.15) is 0 Å². The summed E-state index contributed by atoms with van der Waals surface area (Å²) in [6.07, 6.45) is -1.06. The van der Waals surface area contributed by atoms with Gasteiger partial charge in [-0.1, -0.05) is 5.06 Å². The molecule has 3 aliphatic rings. The van der Waals surface area contributed by atoms with E-state index in [1.54, 1.807) is 0 Å². The van der Waals surface area contributed by atoms with Crippen molar-refractivity contribution in [3.8, 4) is 0 Å². The van der Waals surface area contributed by atoms with Crippen LogP contribution in [0.15, 0.2) is 0 Å². The molecule has 1 aliphatic carbocycles. The molecule has 0 amide bonds. The van der Waals surface area contributed by atoms with E-state index >= 15 is 0 Å². The van der Waals surface area contributed by atoms with Crippen LogP contribution < -0.4 is 0 Å². The predicted octanol–water partition coefficient (Wildman–Crippen LogP) is 0.201. The van der Waals surface area contributed by atoms with Crippen molar-refractivity contribution in [3.05, 3.63) is 0 Å². The highest BCUT2D eigenvalue weighted by Crippen LogP contribution is 2.58. The van der Waals surface area contributed by atoms with Crippen molar-refractivity contribution in [2.45, 2.75) is 37.0 Å². The molecule has 1 unspecified atom stereocenters. The molecule has 3 fully saturated rings. The van der Waals surface area contributed by atoms with Crippen molar-refractivity contribution in [2.24, 2.45) is 0 Å². The number of nitrogens with zero attached hydrogens (tertiary/aromatic N) is 1. The lowest BCUT2D eigenvalue weighted by atomic mass is 9.65. The molecule has 0 N–H and O–H groups in total. The van der Waals surface area contributed by atoms with Gasteiger partial charge in [0, 0.05) is 19.3 Å². The minimum atomic E-state index is -2.70. The molecular formula is C8H7F2NO4. The molecule has 0 aromatic carbocycles. The van der Waals surface area contributed by atoms with Gasteiger partial charge in [-0.05, 0) is 0 Å². The third kappa shape index (κ3) is 1.04. The number of halogens is 2. The number of ether oxygens (including phenoxy) is 1. The Labute approximate surface area is 82.9 Å². The molecule has 5 nitrogen and oxygen atoms in total. The number of carbonyl (C=O) groups excluding carboxylic acids is 2. The van der Waals surface area contributed by atoms with Crippen molar-refractivity contribution in [1.82, 2.24) is 5.06 Å². The first-order valence-corrected chi connectivity index (χ1v) is 4.52. The van der Waals surface area contributed by atoms with E-state index in [-0.39, 0.29) is 12.8 Å². The zero-order valence-electron chi connectivity index (χ0n) is 7.53. The summed E-state index contributed by atoms with van der Waals surface area (Å²) in [7, 11) is 0. The number of hydrogen-bond donors (Lipinski definition) is 0. The molecule has 0 radical (unpaired) electrons. The highest BCUT2D eigenvalue weighted by atomic mass is 19.3. The number of hydrogen-bond acceptors (Lipinski definition) is 5. The van der Waals surface area contributed by atoms with Gasteiger partial charge in [0.05, 0.1) is 5.54 Å². The molecule has 0 aromatic rings. The first-order chi connectivity index (χ1) is 6.92. The lowest BCUT2D eigenvalue weighted by molar-refractivity contribution is -0.397. The molecular weight excluding hydrogens is 212 g/mol. The van der Waals surface area contributed by atoms with E-state index in [4.69, 9.17) is 0 Å². The fourth-order valence-electron chi connectivity index (χ4n) is 2.45. The average Bonchev–Trinajstić information content (AvgIpc) is 2.07. The Morgan fingerprint density at radius 3 is 2.53 bits per heavy atom. The lowest BCUT2D eigenvalue weighted by Gasteiger charge is -2.62. The average molecular weight is 219 g/mol. The highest BCUT2D eigenvalue weighted by Gasteiger charge is 2.71. The van der Waals surface area contributed by atoms with Gasteiger partial charge in [-0.15, -0.1) is 0 Å². The van der Waals surface area contributed by atoms with Crippen molar-refractivity contribution in [1.29, 1.82) is 0 Å². The molecule has 2 saturated heterocycles. The van der Waals surface area contributed by atoms with Crippen LogP contribution in [0.5, 0.6) is 0 Å².